The molecule has 0 aromatic rings. The summed E-state index contributed by atoms with van der Waals surface area (Å²) >= 11 is 0. The minimum absolute atomic E-state index is 0.264. The molecule has 0 bridgehead atoms. The van der Waals surface area contributed by atoms with Crippen LogP contribution >= 0.6 is 0 Å². The van der Waals surface area contributed by atoms with Crippen molar-refractivity contribution in [2.24, 2.45) is 5.41 Å². The minimum Gasteiger partial charge on any atom is -0.365 e. The Kier molecular flexibility index (Phi) is 3.03. The van der Waals surface area contributed by atoms with Crippen LogP contribution in [0.3, 0.4) is 0 Å². The Balaban J connectivity index is 2.07. The Bertz CT molecular complexity index is 232. The maximum Gasteiger partial charge on any atom is 0.163 e. The highest BCUT2D eigenvalue weighted by Gasteiger charge is 2.41. The van der Waals surface area contributed by atoms with E-state index in [0.29, 0.717) is 6.04 Å². The lowest BCUT2D eigenvalue weighted by atomic mass is 9.78. The zero-order chi connectivity index (χ0) is 11.1. The molecule has 4 heteroatoms. The van der Waals surface area contributed by atoms with Crippen LogP contribution in [0.1, 0.15) is 20.3 Å². The summed E-state index contributed by atoms with van der Waals surface area (Å²) < 4.78 is 0. The van der Waals surface area contributed by atoms with E-state index in [2.05, 4.69) is 36.0 Å². The van der Waals surface area contributed by atoms with E-state index in [1.54, 1.807) is 0 Å². The molecule has 0 amide bonds. The lowest BCUT2D eigenvalue weighted by Gasteiger charge is -2.47. The maximum atomic E-state index is 9.84. The van der Waals surface area contributed by atoms with Crippen LogP contribution in [0.25, 0.3) is 0 Å². The quantitative estimate of drug-likeness (QED) is 0.638. The molecular weight excluding hydrogens is 190 g/mol. The first-order chi connectivity index (χ1) is 7.00. The third kappa shape index (κ3) is 2.18. The summed E-state index contributed by atoms with van der Waals surface area (Å²) in [5.41, 5.74) is 0.264. The van der Waals surface area contributed by atoms with Gasteiger partial charge in [0.05, 0.1) is 0 Å². The molecule has 2 saturated heterocycles. The predicted octanol–water partition coefficient (Wildman–Crippen LogP) is -0.102. The zero-order valence-electron chi connectivity index (χ0n) is 10.0. The number of hydrogen-bond donors (Lipinski definition) is 2. The van der Waals surface area contributed by atoms with Crippen molar-refractivity contribution in [2.75, 3.05) is 33.2 Å². The number of likely N-dealkylation sites (tertiary alicyclic amines) is 1. The molecule has 2 unspecified atom stereocenters. The van der Waals surface area contributed by atoms with Crippen LogP contribution in [-0.2, 0) is 0 Å². The molecule has 15 heavy (non-hydrogen) atoms. The van der Waals surface area contributed by atoms with Gasteiger partial charge < -0.3 is 10.0 Å². The van der Waals surface area contributed by atoms with E-state index in [9.17, 15) is 5.11 Å². The predicted molar refractivity (Wildman–Crippen MR) is 60.4 cm³/mol. The fourth-order valence-corrected chi connectivity index (χ4v) is 3.12. The summed E-state index contributed by atoms with van der Waals surface area (Å²) in [5.74, 6) is 0. The van der Waals surface area contributed by atoms with Crippen molar-refractivity contribution in [3.8, 4) is 0 Å². The molecule has 0 radical (unpaired) electrons. The molecule has 88 valence electrons. The summed E-state index contributed by atoms with van der Waals surface area (Å²) in [7, 11) is 2.18. The van der Waals surface area contributed by atoms with Gasteiger partial charge in [-0.05, 0) is 25.4 Å². The van der Waals surface area contributed by atoms with Gasteiger partial charge in [-0.3, -0.25) is 10.2 Å². The van der Waals surface area contributed by atoms with Crippen molar-refractivity contribution in [3.05, 3.63) is 0 Å². The van der Waals surface area contributed by atoms with Crippen LogP contribution in [0.15, 0.2) is 0 Å². The van der Waals surface area contributed by atoms with E-state index in [1.165, 1.54) is 0 Å². The molecule has 0 aromatic heterocycles. The number of hydrogen-bond acceptors (Lipinski definition) is 4. The lowest BCUT2D eigenvalue weighted by molar-refractivity contribution is -0.0651. The van der Waals surface area contributed by atoms with Gasteiger partial charge in [0, 0.05) is 25.7 Å². The maximum absolute atomic E-state index is 9.84. The number of aliphatic hydroxyl groups is 1. The normalized spacial score (nSPS) is 38.4. The standard InChI is InChI=1S/C11H23N3O/c1-11(2)8-13(3)6-4-9(11)14-7-5-12-10(14)15/h9-10,12,15H,4-8H2,1-3H3. The van der Waals surface area contributed by atoms with Gasteiger partial charge in [0.2, 0.25) is 0 Å². The SMILES string of the molecule is CN1CCC(N2CCNC2O)C(C)(C)C1. The summed E-state index contributed by atoms with van der Waals surface area (Å²) in [6.07, 6.45) is 0.722. The van der Waals surface area contributed by atoms with E-state index < -0.39 is 6.35 Å². The highest BCUT2D eigenvalue weighted by atomic mass is 16.3. The highest BCUT2D eigenvalue weighted by Crippen LogP contribution is 2.33. The topological polar surface area (TPSA) is 38.7 Å². The third-order valence-electron chi connectivity index (χ3n) is 3.78. The van der Waals surface area contributed by atoms with Crippen LogP contribution in [0, 0.1) is 5.41 Å². The number of nitrogens with zero attached hydrogens (tertiary/aromatic N) is 2. The fraction of sp³-hybridized carbons (Fsp3) is 1.00. The second-order valence-corrected chi connectivity index (χ2v) is 5.60. The lowest BCUT2D eigenvalue weighted by Crippen LogP contribution is -2.57. The van der Waals surface area contributed by atoms with Crippen molar-refractivity contribution in [1.82, 2.24) is 15.1 Å². The average Bonchev–Trinajstić information content (AvgIpc) is 2.50. The molecule has 2 fully saturated rings. The second kappa shape index (κ2) is 4.01. The Morgan fingerprint density at radius 3 is 2.60 bits per heavy atom. The molecule has 0 aliphatic carbocycles. The van der Waals surface area contributed by atoms with E-state index in [-0.39, 0.29) is 5.41 Å². The Hall–Kier alpha value is -0.160. The van der Waals surface area contributed by atoms with Gasteiger partial charge in [0.1, 0.15) is 0 Å². The van der Waals surface area contributed by atoms with Gasteiger partial charge in [-0.2, -0.15) is 0 Å². The first kappa shape index (κ1) is 11.3. The van der Waals surface area contributed by atoms with Crippen molar-refractivity contribution in [3.63, 3.8) is 0 Å². The van der Waals surface area contributed by atoms with Crippen molar-refractivity contribution in [1.29, 1.82) is 0 Å². The number of aliphatic hydroxyl groups excluding tert-OH is 1. The van der Waals surface area contributed by atoms with Crippen molar-refractivity contribution >= 4 is 0 Å². The summed E-state index contributed by atoms with van der Waals surface area (Å²) in [5, 5.41) is 12.9. The molecule has 2 atom stereocenters. The van der Waals surface area contributed by atoms with E-state index in [1.807, 2.05) is 0 Å². The van der Waals surface area contributed by atoms with E-state index in [0.717, 1.165) is 32.6 Å². The van der Waals surface area contributed by atoms with Gasteiger partial charge in [-0.25, -0.2) is 0 Å². The average molecular weight is 213 g/mol. The molecule has 2 N–H and O–H groups in total. The van der Waals surface area contributed by atoms with Crippen LogP contribution in [0.5, 0.6) is 0 Å². The Labute approximate surface area is 92.2 Å². The minimum atomic E-state index is -0.433. The van der Waals surface area contributed by atoms with E-state index >= 15 is 0 Å². The van der Waals surface area contributed by atoms with Crippen LogP contribution in [0.4, 0.5) is 0 Å². The van der Waals surface area contributed by atoms with E-state index in [4.69, 9.17) is 0 Å². The molecule has 0 spiro atoms. The van der Waals surface area contributed by atoms with Crippen LogP contribution in [0.2, 0.25) is 0 Å². The van der Waals surface area contributed by atoms with Gasteiger partial charge in [-0.15, -0.1) is 0 Å². The second-order valence-electron chi connectivity index (χ2n) is 5.60. The summed E-state index contributed by atoms with van der Waals surface area (Å²) in [6, 6.07) is 0.499. The number of rotatable bonds is 1. The monoisotopic (exact) mass is 213 g/mol. The first-order valence-corrected chi connectivity index (χ1v) is 5.86. The van der Waals surface area contributed by atoms with Gasteiger partial charge in [0.15, 0.2) is 6.35 Å². The van der Waals surface area contributed by atoms with Gasteiger partial charge >= 0.3 is 0 Å². The molecule has 2 rings (SSSR count). The van der Waals surface area contributed by atoms with Crippen LogP contribution in [-0.4, -0.2) is 60.5 Å². The van der Waals surface area contributed by atoms with Gasteiger partial charge in [0.25, 0.3) is 0 Å². The van der Waals surface area contributed by atoms with Crippen LogP contribution < -0.4 is 5.32 Å². The molecule has 0 saturated carbocycles. The summed E-state index contributed by atoms with van der Waals surface area (Å²) in [6.45, 7) is 8.73. The van der Waals surface area contributed by atoms with Gasteiger partial charge in [-0.1, -0.05) is 13.8 Å². The number of piperidine rings is 1. The Morgan fingerprint density at radius 1 is 1.33 bits per heavy atom. The summed E-state index contributed by atoms with van der Waals surface area (Å²) in [4.78, 5) is 4.60. The largest absolute Gasteiger partial charge is 0.365 e. The number of nitrogens with one attached hydrogen (secondary N) is 1. The third-order valence-corrected chi connectivity index (χ3v) is 3.78. The fourth-order valence-electron chi connectivity index (χ4n) is 3.12. The van der Waals surface area contributed by atoms with Crippen molar-refractivity contribution in [2.45, 2.75) is 32.7 Å². The molecule has 2 aliphatic heterocycles. The smallest absolute Gasteiger partial charge is 0.163 e. The molecule has 4 nitrogen and oxygen atoms in total. The Morgan fingerprint density at radius 2 is 2.07 bits per heavy atom. The molecule has 0 aromatic carbocycles. The molecule has 2 aliphatic rings. The van der Waals surface area contributed by atoms with Crippen molar-refractivity contribution < 1.29 is 5.11 Å². The zero-order valence-corrected chi connectivity index (χ0v) is 10.0. The molecule has 2 heterocycles. The highest BCUT2D eigenvalue weighted by molar-refractivity contribution is 4.94. The first-order valence-electron chi connectivity index (χ1n) is 5.86. The molecular formula is C11H23N3O.